The van der Waals surface area contributed by atoms with Crippen molar-refractivity contribution in [3.05, 3.63) is 0 Å². The van der Waals surface area contributed by atoms with Crippen LogP contribution in [0.3, 0.4) is 0 Å². The van der Waals surface area contributed by atoms with Crippen LogP contribution in [-0.2, 0) is 4.79 Å². The molecule has 2 rings (SSSR count). The molecule has 1 saturated heterocycles. The van der Waals surface area contributed by atoms with Crippen LogP contribution in [0.1, 0.15) is 45.4 Å². The van der Waals surface area contributed by atoms with Gasteiger partial charge in [0.25, 0.3) is 0 Å². The lowest BCUT2D eigenvalue weighted by Gasteiger charge is -2.44. The first-order valence-corrected chi connectivity index (χ1v) is 6.90. The quantitative estimate of drug-likeness (QED) is 0.770. The van der Waals surface area contributed by atoms with Gasteiger partial charge in [0.1, 0.15) is 0 Å². The summed E-state index contributed by atoms with van der Waals surface area (Å²) in [6.45, 7) is 3.05. The van der Waals surface area contributed by atoms with E-state index in [2.05, 4.69) is 17.1 Å². The van der Waals surface area contributed by atoms with Crippen molar-refractivity contribution in [1.82, 2.24) is 10.2 Å². The molecule has 0 spiro atoms. The van der Waals surface area contributed by atoms with E-state index in [9.17, 15) is 4.79 Å². The van der Waals surface area contributed by atoms with Crippen molar-refractivity contribution in [1.29, 1.82) is 0 Å². The first kappa shape index (κ1) is 12.8. The zero-order valence-electron chi connectivity index (χ0n) is 10.7. The molecule has 1 amide bonds. The van der Waals surface area contributed by atoms with Crippen molar-refractivity contribution in [2.45, 2.75) is 63.6 Å². The van der Waals surface area contributed by atoms with Crippen LogP contribution in [0.5, 0.6) is 0 Å². The van der Waals surface area contributed by atoms with Crippen LogP contribution >= 0.6 is 0 Å². The number of amides is 1. The van der Waals surface area contributed by atoms with Crippen molar-refractivity contribution in [3.8, 4) is 0 Å². The van der Waals surface area contributed by atoms with Gasteiger partial charge in [-0.05, 0) is 26.2 Å². The van der Waals surface area contributed by atoms with Gasteiger partial charge in [-0.2, -0.15) is 0 Å². The fourth-order valence-electron chi connectivity index (χ4n) is 3.15. The fourth-order valence-corrected chi connectivity index (χ4v) is 3.15. The van der Waals surface area contributed by atoms with E-state index in [0.717, 1.165) is 19.4 Å². The molecule has 2 unspecified atom stereocenters. The summed E-state index contributed by atoms with van der Waals surface area (Å²) in [7, 11) is 0. The van der Waals surface area contributed by atoms with E-state index in [4.69, 9.17) is 5.11 Å². The summed E-state index contributed by atoms with van der Waals surface area (Å²) < 4.78 is 0. The first-order valence-electron chi connectivity index (χ1n) is 6.90. The summed E-state index contributed by atoms with van der Waals surface area (Å²) in [5, 5.41) is 12.2. The van der Waals surface area contributed by atoms with Crippen LogP contribution in [0.2, 0.25) is 0 Å². The molecule has 2 fully saturated rings. The van der Waals surface area contributed by atoms with Gasteiger partial charge in [-0.3, -0.25) is 4.79 Å². The van der Waals surface area contributed by atoms with E-state index < -0.39 is 0 Å². The molecule has 17 heavy (non-hydrogen) atoms. The second-order valence-corrected chi connectivity index (χ2v) is 5.36. The van der Waals surface area contributed by atoms with Gasteiger partial charge >= 0.3 is 0 Å². The lowest BCUT2D eigenvalue weighted by molar-refractivity contribution is -0.142. The Hall–Kier alpha value is -0.610. The molecular formula is C13H24N2O2. The normalized spacial score (nSPS) is 31.9. The highest BCUT2D eigenvalue weighted by atomic mass is 16.3. The Labute approximate surface area is 103 Å². The zero-order valence-corrected chi connectivity index (χ0v) is 10.7. The third-order valence-corrected chi connectivity index (χ3v) is 4.07. The van der Waals surface area contributed by atoms with E-state index in [1.807, 2.05) is 0 Å². The van der Waals surface area contributed by atoms with Crippen molar-refractivity contribution in [2.75, 3.05) is 13.2 Å². The van der Waals surface area contributed by atoms with Gasteiger partial charge in [0.05, 0.1) is 6.04 Å². The number of nitrogens with one attached hydrogen (secondary N) is 1. The fraction of sp³-hybridized carbons (Fsp3) is 0.923. The van der Waals surface area contributed by atoms with Crippen molar-refractivity contribution >= 4 is 5.91 Å². The number of aliphatic hydroxyl groups is 1. The molecule has 2 aliphatic rings. The van der Waals surface area contributed by atoms with Gasteiger partial charge in [-0.25, -0.2) is 0 Å². The molecule has 1 aliphatic carbocycles. The predicted octanol–water partition coefficient (Wildman–Crippen LogP) is 0.890. The molecule has 0 aromatic rings. The summed E-state index contributed by atoms with van der Waals surface area (Å²) in [4.78, 5) is 14.5. The Kier molecular flexibility index (Phi) is 4.40. The summed E-state index contributed by atoms with van der Waals surface area (Å²) in [5.74, 6) is 0.199. The minimum absolute atomic E-state index is 0.0797. The molecule has 0 radical (unpaired) electrons. The molecule has 0 aromatic carbocycles. The van der Waals surface area contributed by atoms with E-state index >= 15 is 0 Å². The molecule has 1 heterocycles. The minimum atomic E-state index is -0.168. The number of aliphatic hydroxyl groups excluding tert-OH is 1. The highest BCUT2D eigenvalue weighted by Crippen LogP contribution is 2.26. The molecule has 2 N–H and O–H groups in total. The molecule has 98 valence electrons. The Morgan fingerprint density at radius 1 is 1.35 bits per heavy atom. The van der Waals surface area contributed by atoms with Crippen LogP contribution in [0, 0.1) is 0 Å². The Morgan fingerprint density at radius 2 is 2.06 bits per heavy atom. The summed E-state index contributed by atoms with van der Waals surface area (Å²) in [6, 6.07) is 0.563. The molecule has 0 aromatic heterocycles. The maximum Gasteiger partial charge on any atom is 0.240 e. The molecule has 1 saturated carbocycles. The van der Waals surface area contributed by atoms with E-state index in [-0.39, 0.29) is 18.6 Å². The van der Waals surface area contributed by atoms with Crippen LogP contribution in [-0.4, -0.2) is 47.2 Å². The third-order valence-electron chi connectivity index (χ3n) is 4.07. The molecule has 0 bridgehead atoms. The van der Waals surface area contributed by atoms with E-state index in [0.29, 0.717) is 18.5 Å². The third kappa shape index (κ3) is 2.80. The second kappa shape index (κ2) is 5.83. The van der Waals surface area contributed by atoms with Gasteiger partial charge in [-0.1, -0.05) is 19.3 Å². The second-order valence-electron chi connectivity index (χ2n) is 5.36. The van der Waals surface area contributed by atoms with Gasteiger partial charge in [0.15, 0.2) is 0 Å². The van der Waals surface area contributed by atoms with Crippen LogP contribution < -0.4 is 5.32 Å². The number of carbonyl (C=O) groups excluding carboxylic acids is 1. The van der Waals surface area contributed by atoms with Crippen molar-refractivity contribution < 1.29 is 9.90 Å². The number of carbonyl (C=O) groups is 1. The predicted molar refractivity (Wildman–Crippen MR) is 66.7 cm³/mol. The topological polar surface area (TPSA) is 52.6 Å². The van der Waals surface area contributed by atoms with Crippen LogP contribution in [0.4, 0.5) is 0 Å². The minimum Gasteiger partial charge on any atom is -0.396 e. The number of rotatable bonds is 3. The maximum atomic E-state index is 12.4. The van der Waals surface area contributed by atoms with Crippen LogP contribution in [0.25, 0.3) is 0 Å². The Balaban J connectivity index is 2.03. The summed E-state index contributed by atoms with van der Waals surface area (Å²) >= 11 is 0. The first-order chi connectivity index (χ1) is 8.24. The SMILES string of the molecule is CC1CNC(CCO)C(=O)N1C1CCCCC1. The summed E-state index contributed by atoms with van der Waals surface area (Å²) in [6.07, 6.45) is 6.66. The largest absolute Gasteiger partial charge is 0.396 e. The number of hydrogen-bond acceptors (Lipinski definition) is 3. The van der Waals surface area contributed by atoms with Gasteiger partial charge < -0.3 is 15.3 Å². The average molecular weight is 240 g/mol. The maximum absolute atomic E-state index is 12.4. The monoisotopic (exact) mass is 240 g/mol. The van der Waals surface area contributed by atoms with Crippen molar-refractivity contribution in [2.24, 2.45) is 0 Å². The number of piperazine rings is 1. The lowest BCUT2D eigenvalue weighted by Crippen LogP contribution is -2.62. The van der Waals surface area contributed by atoms with E-state index in [1.54, 1.807) is 0 Å². The van der Waals surface area contributed by atoms with Gasteiger partial charge in [0, 0.05) is 25.2 Å². The molecule has 4 heteroatoms. The Morgan fingerprint density at radius 3 is 2.71 bits per heavy atom. The van der Waals surface area contributed by atoms with Gasteiger partial charge in [-0.15, -0.1) is 0 Å². The molecule has 4 nitrogen and oxygen atoms in total. The molecule has 2 atom stereocenters. The lowest BCUT2D eigenvalue weighted by atomic mass is 9.91. The van der Waals surface area contributed by atoms with Gasteiger partial charge in [0.2, 0.25) is 5.91 Å². The standard InChI is InChI=1S/C13H24N2O2/c1-10-9-14-12(7-8-16)13(17)15(10)11-5-3-2-4-6-11/h10-12,14,16H,2-9H2,1H3. The number of nitrogens with zero attached hydrogens (tertiary/aromatic N) is 1. The van der Waals surface area contributed by atoms with E-state index in [1.165, 1.54) is 19.3 Å². The van der Waals surface area contributed by atoms with Crippen LogP contribution in [0.15, 0.2) is 0 Å². The Bertz CT molecular complexity index is 264. The summed E-state index contributed by atoms with van der Waals surface area (Å²) in [5.41, 5.74) is 0. The zero-order chi connectivity index (χ0) is 12.3. The highest BCUT2D eigenvalue weighted by molar-refractivity contribution is 5.83. The number of hydrogen-bond donors (Lipinski definition) is 2. The van der Waals surface area contributed by atoms with Crippen molar-refractivity contribution in [3.63, 3.8) is 0 Å². The smallest absolute Gasteiger partial charge is 0.240 e. The molecular weight excluding hydrogens is 216 g/mol. The highest BCUT2D eigenvalue weighted by Gasteiger charge is 2.36. The average Bonchev–Trinajstić information content (AvgIpc) is 2.35. The molecule has 1 aliphatic heterocycles.